The number of ether oxygens (including phenoxy) is 1. The van der Waals surface area contributed by atoms with Crippen LogP contribution in [0.15, 0.2) is 48.8 Å². The zero-order valence-electron chi connectivity index (χ0n) is 12.1. The molecule has 21 heavy (non-hydrogen) atoms. The first-order valence-corrected chi connectivity index (χ1v) is 6.68. The highest BCUT2D eigenvalue weighted by molar-refractivity contribution is 5.69. The summed E-state index contributed by atoms with van der Waals surface area (Å²) in [6, 6.07) is 11.4. The molecule has 0 fully saturated rings. The van der Waals surface area contributed by atoms with E-state index in [9.17, 15) is 4.79 Å². The summed E-state index contributed by atoms with van der Waals surface area (Å²) >= 11 is 0. The van der Waals surface area contributed by atoms with Gasteiger partial charge in [-0.1, -0.05) is 18.2 Å². The average molecular weight is 286 g/mol. The van der Waals surface area contributed by atoms with E-state index in [2.05, 4.69) is 15.2 Å². The predicted molar refractivity (Wildman–Crippen MR) is 79.5 cm³/mol. The minimum Gasteiger partial charge on any atom is -0.469 e. The Labute approximate surface area is 123 Å². The van der Waals surface area contributed by atoms with Crippen LogP contribution in [0.25, 0.3) is 11.1 Å². The third-order valence-corrected chi connectivity index (χ3v) is 2.93. The number of benzene rings is 1. The molecular formula is C16H18N2O3. The van der Waals surface area contributed by atoms with Gasteiger partial charge in [-0.3, -0.25) is 9.78 Å². The van der Waals surface area contributed by atoms with Gasteiger partial charge in [-0.05, 0) is 36.2 Å². The number of hydrogen-bond donors (Lipinski definition) is 1. The lowest BCUT2D eigenvalue weighted by molar-refractivity contribution is -0.141. The molecule has 1 atom stereocenters. The fourth-order valence-corrected chi connectivity index (χ4v) is 1.79. The molecule has 0 aliphatic rings. The summed E-state index contributed by atoms with van der Waals surface area (Å²) in [7, 11) is 1.37. The molecule has 1 aromatic heterocycles. The smallest absolute Gasteiger partial charge is 0.307 e. The summed E-state index contributed by atoms with van der Waals surface area (Å²) < 4.78 is 4.60. The highest BCUT2D eigenvalue weighted by Crippen LogP contribution is 2.21. The van der Waals surface area contributed by atoms with Crippen molar-refractivity contribution in [3.8, 4) is 16.9 Å². The van der Waals surface area contributed by atoms with Crippen molar-refractivity contribution < 1.29 is 14.4 Å². The van der Waals surface area contributed by atoms with Gasteiger partial charge in [-0.2, -0.15) is 5.48 Å². The summed E-state index contributed by atoms with van der Waals surface area (Å²) in [5.74, 6) is 0.407. The van der Waals surface area contributed by atoms with Crippen LogP contribution in [0, 0.1) is 0 Å². The molecule has 2 aromatic rings. The van der Waals surface area contributed by atoms with E-state index in [1.807, 2.05) is 49.5 Å². The number of esters is 1. The molecule has 0 aliphatic carbocycles. The first-order chi connectivity index (χ1) is 10.2. The number of hydroxylamine groups is 1. The van der Waals surface area contributed by atoms with E-state index in [0.717, 1.165) is 11.1 Å². The van der Waals surface area contributed by atoms with Crippen molar-refractivity contribution in [2.45, 2.75) is 19.4 Å². The normalized spacial score (nSPS) is 11.7. The lowest BCUT2D eigenvalue weighted by Crippen LogP contribution is -2.31. The number of rotatable bonds is 6. The van der Waals surface area contributed by atoms with E-state index < -0.39 is 0 Å². The standard InChI is InChI=1S/C16H18N2O3/c1-12(10-16(19)20-2)18-21-15-7-5-13(6-8-15)14-4-3-9-17-11-14/h3-9,11-12,18H,10H2,1-2H3/t12-/m1/s1. The van der Waals surface area contributed by atoms with Gasteiger partial charge in [0.2, 0.25) is 0 Å². The van der Waals surface area contributed by atoms with E-state index >= 15 is 0 Å². The second-order valence-electron chi connectivity index (χ2n) is 4.67. The largest absolute Gasteiger partial charge is 0.469 e. The van der Waals surface area contributed by atoms with Gasteiger partial charge >= 0.3 is 5.97 Å². The van der Waals surface area contributed by atoms with Gasteiger partial charge in [0.15, 0.2) is 0 Å². The predicted octanol–water partition coefficient (Wildman–Crippen LogP) is 2.58. The average Bonchev–Trinajstić information content (AvgIpc) is 2.54. The minimum absolute atomic E-state index is 0.129. The fourth-order valence-electron chi connectivity index (χ4n) is 1.79. The van der Waals surface area contributed by atoms with Gasteiger partial charge in [0, 0.05) is 12.4 Å². The molecule has 0 saturated carbocycles. The number of nitrogens with zero attached hydrogens (tertiary/aromatic N) is 1. The van der Waals surface area contributed by atoms with E-state index in [4.69, 9.17) is 4.84 Å². The third kappa shape index (κ3) is 4.57. The van der Waals surface area contributed by atoms with Gasteiger partial charge in [0.05, 0.1) is 19.6 Å². The minimum atomic E-state index is -0.273. The Balaban J connectivity index is 1.90. The van der Waals surface area contributed by atoms with Crippen molar-refractivity contribution in [1.82, 2.24) is 10.5 Å². The molecule has 2 rings (SSSR count). The maximum atomic E-state index is 11.1. The Morgan fingerprint density at radius 1 is 1.24 bits per heavy atom. The van der Waals surface area contributed by atoms with E-state index in [1.165, 1.54) is 7.11 Å². The first kappa shape index (κ1) is 15.0. The Bertz CT molecular complexity index is 570. The van der Waals surface area contributed by atoms with Crippen molar-refractivity contribution in [3.63, 3.8) is 0 Å². The molecule has 1 heterocycles. The SMILES string of the molecule is COC(=O)C[C@@H](C)NOc1ccc(-c2cccnc2)cc1. The van der Waals surface area contributed by atoms with E-state index in [-0.39, 0.29) is 18.4 Å². The molecule has 0 aliphatic heterocycles. The van der Waals surface area contributed by atoms with Gasteiger partial charge in [0.1, 0.15) is 5.75 Å². The Morgan fingerprint density at radius 3 is 2.62 bits per heavy atom. The molecule has 0 radical (unpaired) electrons. The highest BCUT2D eigenvalue weighted by atomic mass is 16.6. The zero-order chi connectivity index (χ0) is 15.1. The van der Waals surface area contributed by atoms with Crippen LogP contribution in [0.1, 0.15) is 13.3 Å². The number of hydrogen-bond acceptors (Lipinski definition) is 5. The summed E-state index contributed by atoms with van der Waals surface area (Å²) in [6.45, 7) is 1.85. The Kier molecular flexibility index (Phi) is 5.29. The fraction of sp³-hybridized carbons (Fsp3) is 0.250. The molecule has 110 valence electrons. The number of carbonyl (C=O) groups is 1. The summed E-state index contributed by atoms with van der Waals surface area (Å²) in [5.41, 5.74) is 4.93. The maximum Gasteiger partial charge on any atom is 0.307 e. The van der Waals surface area contributed by atoms with Gasteiger partial charge in [0.25, 0.3) is 0 Å². The number of nitrogens with one attached hydrogen (secondary N) is 1. The molecule has 1 N–H and O–H groups in total. The summed E-state index contributed by atoms with van der Waals surface area (Å²) in [6.07, 6.45) is 3.81. The van der Waals surface area contributed by atoms with Crippen LogP contribution in [0.2, 0.25) is 0 Å². The molecule has 1 aromatic carbocycles. The van der Waals surface area contributed by atoms with Crippen LogP contribution in [-0.4, -0.2) is 24.1 Å². The monoisotopic (exact) mass is 286 g/mol. The molecule has 0 saturated heterocycles. The molecule has 5 heteroatoms. The van der Waals surface area contributed by atoms with Crippen molar-refractivity contribution in [1.29, 1.82) is 0 Å². The second kappa shape index (κ2) is 7.40. The Hall–Kier alpha value is -2.40. The van der Waals surface area contributed by atoms with E-state index in [1.54, 1.807) is 6.20 Å². The van der Waals surface area contributed by atoms with Crippen LogP contribution >= 0.6 is 0 Å². The number of methoxy groups -OCH3 is 1. The number of carbonyl (C=O) groups excluding carboxylic acids is 1. The molecular weight excluding hydrogens is 268 g/mol. The van der Waals surface area contributed by atoms with Crippen LogP contribution in [0.4, 0.5) is 0 Å². The van der Waals surface area contributed by atoms with Crippen molar-refractivity contribution >= 4 is 5.97 Å². The zero-order valence-corrected chi connectivity index (χ0v) is 12.1. The quantitative estimate of drug-likeness (QED) is 0.653. The second-order valence-corrected chi connectivity index (χ2v) is 4.67. The molecule has 5 nitrogen and oxygen atoms in total. The molecule has 0 amide bonds. The molecule has 0 spiro atoms. The molecule has 0 unspecified atom stereocenters. The van der Waals surface area contributed by atoms with Crippen molar-refractivity contribution in [2.24, 2.45) is 0 Å². The lowest BCUT2D eigenvalue weighted by atomic mass is 10.1. The van der Waals surface area contributed by atoms with Crippen LogP contribution in [0.3, 0.4) is 0 Å². The highest BCUT2D eigenvalue weighted by Gasteiger charge is 2.09. The van der Waals surface area contributed by atoms with Gasteiger partial charge < -0.3 is 9.57 Å². The summed E-state index contributed by atoms with van der Waals surface area (Å²) in [5, 5.41) is 0. The van der Waals surface area contributed by atoms with Crippen molar-refractivity contribution in [3.05, 3.63) is 48.8 Å². The van der Waals surface area contributed by atoms with Crippen molar-refractivity contribution in [2.75, 3.05) is 7.11 Å². The van der Waals surface area contributed by atoms with Crippen LogP contribution in [0.5, 0.6) is 5.75 Å². The third-order valence-electron chi connectivity index (χ3n) is 2.93. The van der Waals surface area contributed by atoms with Gasteiger partial charge in [-0.15, -0.1) is 0 Å². The first-order valence-electron chi connectivity index (χ1n) is 6.68. The number of pyridine rings is 1. The van der Waals surface area contributed by atoms with E-state index in [0.29, 0.717) is 5.75 Å². The summed E-state index contributed by atoms with van der Waals surface area (Å²) in [4.78, 5) is 20.6. The topological polar surface area (TPSA) is 60.5 Å². The van der Waals surface area contributed by atoms with Gasteiger partial charge in [-0.25, -0.2) is 0 Å². The van der Waals surface area contributed by atoms with Crippen LogP contribution < -0.4 is 10.3 Å². The Morgan fingerprint density at radius 2 is 2.00 bits per heavy atom. The maximum absolute atomic E-state index is 11.1. The number of aromatic nitrogens is 1. The lowest BCUT2D eigenvalue weighted by Gasteiger charge is -2.13. The molecule has 0 bridgehead atoms. The van der Waals surface area contributed by atoms with Crippen LogP contribution in [-0.2, 0) is 9.53 Å².